The second kappa shape index (κ2) is 12.6. The Morgan fingerprint density at radius 3 is 1.85 bits per heavy atom. The van der Waals surface area contributed by atoms with Crippen LogP contribution in [-0.2, 0) is 12.8 Å². The third-order valence-electron chi connectivity index (χ3n) is 9.52. The molecule has 0 radical (unpaired) electrons. The van der Waals surface area contributed by atoms with Gasteiger partial charge in [-0.05, 0) is 123 Å². The van der Waals surface area contributed by atoms with E-state index in [9.17, 15) is 0 Å². The number of rotatable bonds is 8. The van der Waals surface area contributed by atoms with Crippen LogP contribution in [0, 0.1) is 0 Å². The number of benzene rings is 5. The fourth-order valence-corrected chi connectivity index (χ4v) is 6.97. The highest BCUT2D eigenvalue weighted by Gasteiger charge is 2.18. The molecule has 0 saturated carbocycles. The van der Waals surface area contributed by atoms with Crippen LogP contribution in [0.1, 0.15) is 46.2 Å². The van der Waals surface area contributed by atoms with Crippen LogP contribution in [0.15, 0.2) is 175 Å². The number of anilines is 3. The lowest BCUT2D eigenvalue weighted by Crippen LogP contribution is -2.10. The second-order valence-electron chi connectivity index (χ2n) is 12.7. The first-order valence-corrected chi connectivity index (χ1v) is 16.6. The fraction of sp³-hybridized carbons (Fsp3) is 0.0870. The van der Waals surface area contributed by atoms with E-state index in [4.69, 9.17) is 0 Å². The Morgan fingerprint density at radius 2 is 1.17 bits per heavy atom. The van der Waals surface area contributed by atoms with Crippen molar-refractivity contribution in [2.75, 3.05) is 4.90 Å². The van der Waals surface area contributed by atoms with Crippen molar-refractivity contribution in [1.29, 1.82) is 0 Å². The van der Waals surface area contributed by atoms with E-state index in [1.165, 1.54) is 55.7 Å². The lowest BCUT2D eigenvalue weighted by atomic mass is 9.99. The number of fused-ring (bicyclic) bond motifs is 1. The van der Waals surface area contributed by atoms with Crippen molar-refractivity contribution in [2.45, 2.75) is 25.7 Å². The summed E-state index contributed by atoms with van der Waals surface area (Å²) < 4.78 is 0. The van der Waals surface area contributed by atoms with Crippen LogP contribution in [-0.4, -0.2) is 0 Å². The largest absolute Gasteiger partial charge is 0.311 e. The Kier molecular flexibility index (Phi) is 7.73. The molecule has 0 aromatic heterocycles. The van der Waals surface area contributed by atoms with Gasteiger partial charge in [0.25, 0.3) is 0 Å². The molecule has 5 aromatic carbocycles. The third kappa shape index (κ3) is 6.01. The summed E-state index contributed by atoms with van der Waals surface area (Å²) in [5.41, 5.74) is 17.7. The molecule has 0 fully saturated rings. The summed E-state index contributed by atoms with van der Waals surface area (Å²) in [6.07, 6.45) is 17.5. The van der Waals surface area contributed by atoms with Crippen LogP contribution >= 0.6 is 0 Å². The van der Waals surface area contributed by atoms with Gasteiger partial charge >= 0.3 is 0 Å². The minimum atomic E-state index is 0.840. The summed E-state index contributed by atoms with van der Waals surface area (Å²) in [6.45, 7) is 4.42. The topological polar surface area (TPSA) is 3.24 Å². The average molecular weight is 604 g/mol. The van der Waals surface area contributed by atoms with Crippen LogP contribution in [0.2, 0.25) is 0 Å². The van der Waals surface area contributed by atoms with Gasteiger partial charge < -0.3 is 4.90 Å². The highest BCUT2D eigenvalue weighted by molar-refractivity contribution is 5.89. The summed E-state index contributed by atoms with van der Waals surface area (Å²) in [5, 5.41) is 0. The molecule has 5 aromatic rings. The van der Waals surface area contributed by atoms with Crippen LogP contribution in [0.5, 0.6) is 0 Å². The highest BCUT2D eigenvalue weighted by Crippen LogP contribution is 2.40. The van der Waals surface area contributed by atoms with E-state index in [0.29, 0.717) is 0 Å². The zero-order valence-electron chi connectivity index (χ0n) is 26.6. The average Bonchev–Trinajstić information content (AvgIpc) is 3.68. The monoisotopic (exact) mass is 603 g/mol. The summed E-state index contributed by atoms with van der Waals surface area (Å²) in [7, 11) is 0. The van der Waals surface area contributed by atoms with Gasteiger partial charge in [0, 0.05) is 17.1 Å². The maximum Gasteiger partial charge on any atom is 0.0462 e. The minimum absolute atomic E-state index is 0.840. The Labute approximate surface area is 278 Å². The third-order valence-corrected chi connectivity index (χ3v) is 9.52. The van der Waals surface area contributed by atoms with Crippen molar-refractivity contribution in [3.63, 3.8) is 0 Å². The molecule has 8 rings (SSSR count). The maximum absolute atomic E-state index is 4.42. The van der Waals surface area contributed by atoms with Crippen molar-refractivity contribution >= 4 is 39.9 Å². The standard InChI is InChI=1S/C46H37N/c1-33(28-34-10-4-2-5-11-34)35-16-22-44(23-17-35)47(46-26-20-37(21-27-46)43-31-40-14-8-9-15-41(40)32-43)45-24-18-36(19-25-45)42-29-38-12-6-3-7-13-39(38)30-42/h2,4-27,29,31H,1,3,28,30,32H2. The summed E-state index contributed by atoms with van der Waals surface area (Å²) in [4.78, 5) is 2.36. The lowest BCUT2D eigenvalue weighted by molar-refractivity contribution is 1.26. The lowest BCUT2D eigenvalue weighted by Gasteiger charge is -2.26. The van der Waals surface area contributed by atoms with Gasteiger partial charge in [0.2, 0.25) is 0 Å². The molecule has 1 heteroatoms. The number of hydrogen-bond donors (Lipinski definition) is 0. The van der Waals surface area contributed by atoms with Crippen LogP contribution in [0.4, 0.5) is 17.1 Å². The van der Waals surface area contributed by atoms with E-state index in [0.717, 1.165) is 48.3 Å². The molecule has 3 aliphatic carbocycles. The van der Waals surface area contributed by atoms with Gasteiger partial charge in [0.05, 0.1) is 0 Å². The van der Waals surface area contributed by atoms with E-state index in [1.54, 1.807) is 0 Å². The molecule has 0 bridgehead atoms. The molecule has 0 spiro atoms. The molecular formula is C46H37N. The molecule has 1 nitrogen and oxygen atoms in total. The van der Waals surface area contributed by atoms with E-state index in [-0.39, 0.29) is 0 Å². The van der Waals surface area contributed by atoms with Crippen molar-refractivity contribution in [3.8, 4) is 0 Å². The molecule has 47 heavy (non-hydrogen) atoms. The van der Waals surface area contributed by atoms with Crippen LogP contribution in [0.3, 0.4) is 0 Å². The zero-order chi connectivity index (χ0) is 31.6. The predicted molar refractivity (Wildman–Crippen MR) is 201 cm³/mol. The first-order chi connectivity index (χ1) is 23.2. The first kappa shape index (κ1) is 28.8. The molecule has 0 atom stereocenters. The second-order valence-corrected chi connectivity index (χ2v) is 12.7. The Hall–Kier alpha value is -5.66. The van der Waals surface area contributed by atoms with E-state index < -0.39 is 0 Å². The number of allylic oxidation sites excluding steroid dienone is 10. The minimum Gasteiger partial charge on any atom is -0.311 e. The van der Waals surface area contributed by atoms with E-state index >= 15 is 0 Å². The molecule has 0 N–H and O–H groups in total. The smallest absolute Gasteiger partial charge is 0.0462 e. The van der Waals surface area contributed by atoms with E-state index in [2.05, 4.69) is 175 Å². The van der Waals surface area contributed by atoms with Gasteiger partial charge in [-0.3, -0.25) is 0 Å². The highest BCUT2D eigenvalue weighted by atomic mass is 15.1. The zero-order valence-corrected chi connectivity index (χ0v) is 26.6. The maximum atomic E-state index is 4.42. The summed E-state index contributed by atoms with van der Waals surface area (Å²) in [6, 6.07) is 46.3. The first-order valence-electron chi connectivity index (χ1n) is 16.6. The van der Waals surface area contributed by atoms with Crippen molar-refractivity contribution < 1.29 is 0 Å². The fourth-order valence-electron chi connectivity index (χ4n) is 6.97. The molecular weight excluding hydrogens is 567 g/mol. The van der Waals surface area contributed by atoms with Gasteiger partial charge in [-0.1, -0.05) is 134 Å². The van der Waals surface area contributed by atoms with Gasteiger partial charge in [-0.2, -0.15) is 0 Å². The molecule has 0 aliphatic heterocycles. The van der Waals surface area contributed by atoms with Gasteiger partial charge in [0.15, 0.2) is 0 Å². The van der Waals surface area contributed by atoms with Crippen molar-refractivity contribution in [2.24, 2.45) is 0 Å². The summed E-state index contributed by atoms with van der Waals surface area (Å²) in [5.74, 6) is 0. The molecule has 0 amide bonds. The Balaban J connectivity index is 1.09. The van der Waals surface area contributed by atoms with Crippen molar-refractivity contribution in [1.82, 2.24) is 0 Å². The Morgan fingerprint density at radius 1 is 0.574 bits per heavy atom. The molecule has 0 unspecified atom stereocenters. The normalized spacial score (nSPS) is 14.7. The molecule has 226 valence electrons. The molecule has 3 aliphatic rings. The number of hydrogen-bond acceptors (Lipinski definition) is 1. The van der Waals surface area contributed by atoms with Gasteiger partial charge in [-0.25, -0.2) is 0 Å². The number of nitrogens with zero attached hydrogens (tertiary/aromatic N) is 1. The van der Waals surface area contributed by atoms with Gasteiger partial charge in [0.1, 0.15) is 0 Å². The van der Waals surface area contributed by atoms with E-state index in [1.807, 2.05) is 0 Å². The quantitative estimate of drug-likeness (QED) is 0.171. The van der Waals surface area contributed by atoms with Crippen molar-refractivity contribution in [3.05, 3.63) is 209 Å². The predicted octanol–water partition coefficient (Wildman–Crippen LogP) is 12.1. The SMILES string of the molecule is C=C(Cc1ccccc1)c1ccc(N(c2ccc(C3=CC4=C(C=CCC=C4)C3)cc2)c2ccc(C3=Cc4ccccc4C3)cc2)cc1. The molecule has 0 heterocycles. The van der Waals surface area contributed by atoms with Gasteiger partial charge in [-0.15, -0.1) is 0 Å². The van der Waals surface area contributed by atoms with Crippen LogP contribution in [0.25, 0.3) is 22.8 Å². The summed E-state index contributed by atoms with van der Waals surface area (Å²) >= 11 is 0. The van der Waals surface area contributed by atoms with Crippen LogP contribution < -0.4 is 4.90 Å². The molecule has 0 saturated heterocycles. The Bertz CT molecular complexity index is 2100.